The van der Waals surface area contributed by atoms with E-state index in [0.29, 0.717) is 30.9 Å². The molecular formula is C37H40ClF4N7O5. The topological polar surface area (TPSA) is 192 Å². The lowest BCUT2D eigenvalue weighted by Gasteiger charge is -2.28. The largest absolute Gasteiger partial charge is 0.477 e. The number of carboxylic acid groups (broad SMARTS) is 1. The van der Waals surface area contributed by atoms with Gasteiger partial charge in [0.25, 0.3) is 5.91 Å². The van der Waals surface area contributed by atoms with Crippen LogP contribution in [0.1, 0.15) is 53.0 Å². The lowest BCUT2D eigenvalue weighted by molar-refractivity contribution is -0.231. The first-order chi connectivity index (χ1) is 25.1. The van der Waals surface area contributed by atoms with Gasteiger partial charge in [0.1, 0.15) is 6.04 Å². The summed E-state index contributed by atoms with van der Waals surface area (Å²) >= 11 is 0. The highest BCUT2D eigenvalue weighted by Crippen LogP contribution is 2.42. The molecule has 54 heavy (non-hydrogen) atoms. The lowest BCUT2D eigenvalue weighted by Crippen LogP contribution is -2.48. The van der Waals surface area contributed by atoms with Crippen LogP contribution in [0.25, 0.3) is 22.5 Å². The number of anilines is 1. The Labute approximate surface area is 314 Å². The highest BCUT2D eigenvalue weighted by atomic mass is 35.5. The number of hydrogen-bond acceptors (Lipinski definition) is 7. The molecule has 0 unspecified atom stereocenters. The van der Waals surface area contributed by atoms with Gasteiger partial charge in [0.15, 0.2) is 5.82 Å². The second-order valence-corrected chi connectivity index (χ2v) is 13.1. The van der Waals surface area contributed by atoms with Crippen LogP contribution in [-0.2, 0) is 26.7 Å². The first-order valence-corrected chi connectivity index (χ1v) is 16.9. The summed E-state index contributed by atoms with van der Waals surface area (Å²) in [5.41, 5.74) is 10.2. The van der Waals surface area contributed by atoms with Crippen LogP contribution in [0.15, 0.2) is 66.7 Å². The van der Waals surface area contributed by atoms with Gasteiger partial charge in [-0.05, 0) is 104 Å². The predicted molar refractivity (Wildman–Crippen MR) is 194 cm³/mol. The maximum Gasteiger partial charge on any atom is 0.411 e. The van der Waals surface area contributed by atoms with Crippen molar-refractivity contribution in [3.05, 3.63) is 89.2 Å². The standard InChI is InChI=1S/C37H39F4N7O5.ClH/c1-20-3-8-26(31(49)43-2)18-28(20)23-9-4-21(5-10-23)17-29(45-32(50)25-11-6-22(19-42)7-12-25)33(51)44-27-15-13-24(14-16-27)30-46-34(48-47-30)36(38,39)37(40,41)35(52)53;/h3-5,8-10,13-16,18,22,25,29H,6-7,11-12,17,19,42H2,1-2H3,(H,43,49)(H,44,51)(H,45,50)(H,52,53)(H,46,47,48);1H/t22?,25?,29-;/m0./s1. The Bertz CT molecular complexity index is 1970. The summed E-state index contributed by atoms with van der Waals surface area (Å²) in [4.78, 5) is 52.0. The first-order valence-electron chi connectivity index (χ1n) is 16.9. The number of hydrogen-bond donors (Lipinski definition) is 6. The Kier molecular flexibility index (Phi) is 13.2. The zero-order chi connectivity index (χ0) is 38.5. The number of nitrogens with zero attached hydrogens (tertiary/aromatic N) is 2. The number of carbonyl (C=O) groups excluding carboxylic acids is 3. The summed E-state index contributed by atoms with van der Waals surface area (Å²) in [5.74, 6) is -16.5. The minimum Gasteiger partial charge on any atom is -0.477 e. The molecular weight excluding hydrogens is 734 g/mol. The number of halogens is 5. The molecule has 1 atom stereocenters. The van der Waals surface area contributed by atoms with Crippen molar-refractivity contribution < 1.29 is 41.8 Å². The summed E-state index contributed by atoms with van der Waals surface area (Å²) in [5, 5.41) is 23.3. The van der Waals surface area contributed by atoms with Crippen LogP contribution in [0, 0.1) is 18.8 Å². The Morgan fingerprint density at radius 2 is 1.56 bits per heavy atom. The molecule has 1 saturated carbocycles. The zero-order valence-electron chi connectivity index (χ0n) is 29.3. The maximum atomic E-state index is 14.2. The van der Waals surface area contributed by atoms with E-state index in [2.05, 4.69) is 26.1 Å². The van der Waals surface area contributed by atoms with Gasteiger partial charge in [-0.25, -0.2) is 4.79 Å². The summed E-state index contributed by atoms with van der Waals surface area (Å²) in [6.45, 7) is 2.49. The first kappa shape index (κ1) is 41.4. The third kappa shape index (κ3) is 9.05. The number of aryl methyl sites for hydroxylation is 1. The van der Waals surface area contributed by atoms with Gasteiger partial charge in [0.05, 0.1) is 0 Å². The van der Waals surface area contributed by atoms with Crippen LogP contribution in [0.2, 0.25) is 0 Å². The van der Waals surface area contributed by atoms with E-state index in [0.717, 1.165) is 35.1 Å². The normalized spacial score (nSPS) is 16.4. The maximum absolute atomic E-state index is 14.2. The van der Waals surface area contributed by atoms with Crippen LogP contribution in [-0.4, -0.2) is 69.5 Å². The van der Waals surface area contributed by atoms with Gasteiger partial charge in [-0.1, -0.05) is 30.3 Å². The number of H-pyrrole nitrogens is 1. The fourth-order valence-corrected chi connectivity index (χ4v) is 6.19. The number of nitrogens with two attached hydrogens (primary N) is 1. The number of aliphatic carboxylic acids is 1. The summed E-state index contributed by atoms with van der Waals surface area (Å²) in [6.07, 6.45) is 3.06. The molecule has 1 aromatic heterocycles. The molecule has 0 spiro atoms. The molecule has 1 heterocycles. The molecule has 3 aromatic carbocycles. The number of carboxylic acids is 1. The van der Waals surface area contributed by atoms with Gasteiger partial charge < -0.3 is 31.8 Å². The smallest absolute Gasteiger partial charge is 0.411 e. The highest BCUT2D eigenvalue weighted by Gasteiger charge is 2.65. The third-order valence-corrected chi connectivity index (χ3v) is 9.49. The second kappa shape index (κ2) is 17.2. The molecule has 1 aliphatic rings. The fraction of sp³-hybridized carbons (Fsp3) is 0.351. The van der Waals surface area contributed by atoms with Crippen molar-refractivity contribution >= 4 is 41.8 Å². The van der Waals surface area contributed by atoms with Crippen molar-refractivity contribution in [2.75, 3.05) is 18.9 Å². The Morgan fingerprint density at radius 1 is 0.926 bits per heavy atom. The molecule has 288 valence electrons. The molecule has 0 bridgehead atoms. The lowest BCUT2D eigenvalue weighted by atomic mass is 9.81. The number of carbonyl (C=O) groups is 4. The average Bonchev–Trinajstić information content (AvgIpc) is 3.66. The van der Waals surface area contributed by atoms with Gasteiger partial charge >= 0.3 is 17.8 Å². The third-order valence-electron chi connectivity index (χ3n) is 9.49. The van der Waals surface area contributed by atoms with Gasteiger partial charge in [-0.2, -0.15) is 17.6 Å². The zero-order valence-corrected chi connectivity index (χ0v) is 30.1. The van der Waals surface area contributed by atoms with Gasteiger partial charge in [-0.15, -0.1) is 22.6 Å². The van der Waals surface area contributed by atoms with Gasteiger partial charge in [0, 0.05) is 36.2 Å². The second-order valence-electron chi connectivity index (χ2n) is 13.1. The van der Waals surface area contributed by atoms with Gasteiger partial charge in [0.2, 0.25) is 17.6 Å². The van der Waals surface area contributed by atoms with Crippen molar-refractivity contribution in [1.29, 1.82) is 0 Å². The van der Waals surface area contributed by atoms with Crippen molar-refractivity contribution in [2.45, 2.75) is 56.9 Å². The molecule has 5 rings (SSSR count). The van der Waals surface area contributed by atoms with E-state index >= 15 is 0 Å². The van der Waals surface area contributed by atoms with Crippen molar-refractivity contribution in [1.82, 2.24) is 25.8 Å². The fourth-order valence-electron chi connectivity index (χ4n) is 6.19. The average molecular weight is 774 g/mol. The molecule has 3 amide bonds. The van der Waals surface area contributed by atoms with Crippen molar-refractivity contribution in [2.24, 2.45) is 17.6 Å². The monoisotopic (exact) mass is 773 g/mol. The SMILES string of the molecule is CNC(=O)c1ccc(C)c(-c2ccc(C[C@H](NC(=O)C3CCC(CN)CC3)C(=O)Nc3ccc(-c4nnc(C(F)(F)C(F)(F)C(=O)O)[nH]4)cc3)cc2)c1.Cl. The molecule has 0 aliphatic heterocycles. The molecule has 7 N–H and O–H groups in total. The van der Waals surface area contributed by atoms with Crippen molar-refractivity contribution in [3.8, 4) is 22.5 Å². The number of rotatable bonds is 13. The summed E-state index contributed by atoms with van der Waals surface area (Å²) < 4.78 is 55.7. The summed E-state index contributed by atoms with van der Waals surface area (Å²) in [7, 11) is 1.56. The van der Waals surface area contributed by atoms with Crippen LogP contribution < -0.4 is 21.7 Å². The number of benzene rings is 3. The van der Waals surface area contributed by atoms with Gasteiger partial charge in [-0.3, -0.25) is 14.4 Å². The minimum absolute atomic E-state index is 0. The quantitative estimate of drug-likeness (QED) is 0.0964. The van der Waals surface area contributed by atoms with E-state index in [1.807, 2.05) is 42.2 Å². The molecule has 1 fully saturated rings. The molecule has 1 aliphatic carbocycles. The van der Waals surface area contributed by atoms with E-state index in [-0.39, 0.29) is 53.6 Å². The Hall–Kier alpha value is -5.35. The molecule has 0 saturated heterocycles. The molecule has 12 nitrogen and oxygen atoms in total. The van der Waals surface area contributed by atoms with Crippen LogP contribution in [0.3, 0.4) is 0 Å². The number of aromatic amines is 1. The van der Waals surface area contributed by atoms with Crippen molar-refractivity contribution in [3.63, 3.8) is 0 Å². The number of amides is 3. The minimum atomic E-state index is -5.44. The molecule has 0 radical (unpaired) electrons. The number of nitrogens with one attached hydrogen (secondary N) is 4. The van der Waals surface area contributed by atoms with Crippen LogP contribution in [0.5, 0.6) is 0 Å². The molecule has 4 aromatic rings. The van der Waals surface area contributed by atoms with E-state index in [9.17, 15) is 36.7 Å². The number of aromatic nitrogens is 3. The van der Waals surface area contributed by atoms with E-state index in [1.54, 1.807) is 19.2 Å². The van der Waals surface area contributed by atoms with Crippen LogP contribution in [0.4, 0.5) is 23.2 Å². The van der Waals surface area contributed by atoms with E-state index < -0.39 is 35.6 Å². The highest BCUT2D eigenvalue weighted by molar-refractivity contribution is 5.98. The van der Waals surface area contributed by atoms with E-state index in [4.69, 9.17) is 10.8 Å². The molecule has 17 heteroatoms. The van der Waals surface area contributed by atoms with E-state index in [1.165, 1.54) is 24.3 Å². The summed E-state index contributed by atoms with van der Waals surface area (Å²) in [6, 6.07) is 17.4. The Balaban J connectivity index is 0.00000650. The number of alkyl halides is 4. The Morgan fingerprint density at radius 3 is 2.15 bits per heavy atom. The van der Waals surface area contributed by atoms with Crippen LogP contribution >= 0.6 is 12.4 Å². The predicted octanol–water partition coefficient (Wildman–Crippen LogP) is 5.47.